The summed E-state index contributed by atoms with van der Waals surface area (Å²) in [6.45, 7) is 2.18. The highest BCUT2D eigenvalue weighted by atomic mass is 16.4. The monoisotopic (exact) mass is 408 g/mol. The lowest BCUT2D eigenvalue weighted by Gasteiger charge is -2.27. The number of carbonyl (C=O) groups excluding carboxylic acids is 1. The van der Waals surface area contributed by atoms with Crippen LogP contribution in [0.3, 0.4) is 0 Å². The fourth-order valence-corrected chi connectivity index (χ4v) is 4.76. The highest BCUT2D eigenvalue weighted by molar-refractivity contribution is 5.83. The van der Waals surface area contributed by atoms with E-state index in [1.807, 2.05) is 0 Å². The minimum absolute atomic E-state index is 0.0600. The number of rotatable bonds is 15. The van der Waals surface area contributed by atoms with Crippen LogP contribution >= 0.6 is 0 Å². The van der Waals surface area contributed by atoms with Crippen molar-refractivity contribution in [2.24, 2.45) is 17.8 Å². The molecule has 5 nitrogen and oxygen atoms in total. The Labute approximate surface area is 175 Å². The van der Waals surface area contributed by atoms with Crippen molar-refractivity contribution >= 4 is 11.8 Å². The lowest BCUT2D eigenvalue weighted by Crippen LogP contribution is -2.30. The lowest BCUT2D eigenvalue weighted by atomic mass is 9.85. The number of Topliss-reactive ketones (excluding diaryl/α,β-unsaturated/α-hetero) is 1. The lowest BCUT2D eigenvalue weighted by molar-refractivity contribution is -0.147. The molecule has 3 N–H and O–H groups in total. The molecule has 0 aliphatic heterocycles. The van der Waals surface area contributed by atoms with Gasteiger partial charge in [0.15, 0.2) is 6.10 Å². The van der Waals surface area contributed by atoms with Crippen LogP contribution in [0.15, 0.2) is 12.2 Å². The van der Waals surface area contributed by atoms with E-state index >= 15 is 0 Å². The summed E-state index contributed by atoms with van der Waals surface area (Å²) >= 11 is 0. The molecule has 0 radical (unpaired) electrons. The van der Waals surface area contributed by atoms with Crippen LogP contribution < -0.4 is 0 Å². The second-order valence-corrected chi connectivity index (χ2v) is 9.23. The predicted molar refractivity (Wildman–Crippen MR) is 114 cm³/mol. The molecule has 0 heterocycles. The first kappa shape index (κ1) is 24.1. The summed E-state index contributed by atoms with van der Waals surface area (Å²) in [5, 5.41) is 29.1. The molecular weight excluding hydrogens is 368 g/mol. The molecular formula is C24H40O5. The molecule has 4 atom stereocenters. The normalized spacial score (nSPS) is 25.4. The number of hydrogen-bond donors (Lipinski definition) is 3. The third-order valence-electron chi connectivity index (χ3n) is 6.84. The average molecular weight is 409 g/mol. The maximum Gasteiger partial charge on any atom is 0.332 e. The standard InChI is InChI=1S/C24H40O5/c1-2-3-7-16-24(29,19-13-14-19)17-8-9-18-12-15-21(25)20(18)10-5-4-6-11-22(26)23(27)28/h8-9,18-20,22,26,29H,2-7,10-17H2,1H3,(H,27,28)/t18-,20+,22?,24?/m0/s1. The second kappa shape index (κ2) is 11.8. The molecule has 2 saturated carbocycles. The van der Waals surface area contributed by atoms with Crippen LogP contribution in [-0.2, 0) is 9.59 Å². The summed E-state index contributed by atoms with van der Waals surface area (Å²) in [5.74, 6) is -0.0465. The molecule has 0 aromatic heterocycles. The number of unbranched alkanes of at least 4 members (excludes halogenated alkanes) is 4. The molecule has 2 aliphatic carbocycles. The summed E-state index contributed by atoms with van der Waals surface area (Å²) in [6, 6.07) is 0. The third kappa shape index (κ3) is 7.86. The van der Waals surface area contributed by atoms with Crippen molar-refractivity contribution in [3.8, 4) is 0 Å². The highest BCUT2D eigenvalue weighted by Gasteiger charge is 2.42. The molecule has 5 heteroatoms. The Morgan fingerprint density at radius 3 is 2.59 bits per heavy atom. The molecule has 0 bridgehead atoms. The molecule has 0 saturated heterocycles. The number of carboxylic acids is 1. The predicted octanol–water partition coefficient (Wildman–Crippen LogP) is 4.65. The van der Waals surface area contributed by atoms with E-state index in [2.05, 4.69) is 19.1 Å². The van der Waals surface area contributed by atoms with Crippen molar-refractivity contribution in [3.05, 3.63) is 12.2 Å². The molecule has 166 valence electrons. The van der Waals surface area contributed by atoms with Gasteiger partial charge >= 0.3 is 5.97 Å². The molecule has 0 amide bonds. The van der Waals surface area contributed by atoms with Gasteiger partial charge < -0.3 is 15.3 Å². The van der Waals surface area contributed by atoms with E-state index in [9.17, 15) is 19.8 Å². The van der Waals surface area contributed by atoms with E-state index in [-0.39, 0.29) is 18.3 Å². The van der Waals surface area contributed by atoms with Gasteiger partial charge in [0.2, 0.25) is 0 Å². The number of hydrogen-bond acceptors (Lipinski definition) is 4. The first-order chi connectivity index (χ1) is 13.9. The largest absolute Gasteiger partial charge is 0.479 e. The fraction of sp³-hybridized carbons (Fsp3) is 0.833. The molecule has 2 rings (SSSR count). The first-order valence-electron chi connectivity index (χ1n) is 11.7. The summed E-state index contributed by atoms with van der Waals surface area (Å²) in [6.07, 6.45) is 15.3. The van der Waals surface area contributed by atoms with E-state index in [0.29, 0.717) is 31.0 Å². The van der Waals surface area contributed by atoms with E-state index in [1.165, 1.54) is 6.42 Å². The smallest absolute Gasteiger partial charge is 0.332 e. The van der Waals surface area contributed by atoms with Gasteiger partial charge in [-0.1, -0.05) is 57.6 Å². The number of aliphatic carboxylic acids is 1. The third-order valence-corrected chi connectivity index (χ3v) is 6.84. The van der Waals surface area contributed by atoms with Gasteiger partial charge in [0.05, 0.1) is 5.60 Å². The van der Waals surface area contributed by atoms with Crippen molar-refractivity contribution < 1.29 is 24.9 Å². The van der Waals surface area contributed by atoms with Crippen molar-refractivity contribution in [2.45, 2.75) is 109 Å². The van der Waals surface area contributed by atoms with Gasteiger partial charge in [0, 0.05) is 12.3 Å². The van der Waals surface area contributed by atoms with Crippen LogP contribution in [0.2, 0.25) is 0 Å². The zero-order chi connectivity index (χ0) is 21.3. The van der Waals surface area contributed by atoms with Crippen LogP contribution in [0.5, 0.6) is 0 Å². The summed E-state index contributed by atoms with van der Waals surface area (Å²) in [5.41, 5.74) is -0.561. The average Bonchev–Trinajstić information content (AvgIpc) is 3.48. The molecule has 29 heavy (non-hydrogen) atoms. The first-order valence-corrected chi connectivity index (χ1v) is 11.7. The summed E-state index contributed by atoms with van der Waals surface area (Å²) in [7, 11) is 0. The van der Waals surface area contributed by atoms with Crippen LogP contribution in [-0.4, -0.2) is 38.8 Å². The number of aliphatic hydroxyl groups excluding tert-OH is 1. The van der Waals surface area contributed by atoms with Crippen molar-refractivity contribution in [1.82, 2.24) is 0 Å². The zero-order valence-electron chi connectivity index (χ0n) is 18.0. The number of ketones is 1. The molecule has 0 spiro atoms. The van der Waals surface area contributed by atoms with Gasteiger partial charge in [-0.15, -0.1) is 0 Å². The highest BCUT2D eigenvalue weighted by Crippen LogP contribution is 2.45. The van der Waals surface area contributed by atoms with Crippen molar-refractivity contribution in [1.29, 1.82) is 0 Å². The Hall–Kier alpha value is -1.20. The van der Waals surface area contributed by atoms with Gasteiger partial charge in [-0.2, -0.15) is 0 Å². The maximum absolute atomic E-state index is 12.3. The van der Waals surface area contributed by atoms with E-state index in [0.717, 1.165) is 57.8 Å². The van der Waals surface area contributed by atoms with E-state index in [4.69, 9.17) is 5.11 Å². The van der Waals surface area contributed by atoms with Crippen LogP contribution in [0.25, 0.3) is 0 Å². The summed E-state index contributed by atoms with van der Waals surface area (Å²) < 4.78 is 0. The van der Waals surface area contributed by atoms with Crippen LogP contribution in [0.4, 0.5) is 0 Å². The molecule has 2 unspecified atom stereocenters. The van der Waals surface area contributed by atoms with Crippen LogP contribution in [0.1, 0.15) is 96.8 Å². The Morgan fingerprint density at radius 1 is 1.17 bits per heavy atom. The topological polar surface area (TPSA) is 94.8 Å². The number of carboxylic acid groups (broad SMARTS) is 1. The Kier molecular flexibility index (Phi) is 9.84. The second-order valence-electron chi connectivity index (χ2n) is 9.23. The van der Waals surface area contributed by atoms with Gasteiger partial charge in [0.25, 0.3) is 0 Å². The molecule has 2 aliphatic rings. The van der Waals surface area contributed by atoms with Crippen molar-refractivity contribution in [2.75, 3.05) is 0 Å². The van der Waals surface area contributed by atoms with Crippen LogP contribution in [0, 0.1) is 17.8 Å². The molecule has 0 aromatic carbocycles. The Bertz CT molecular complexity index is 553. The molecule has 0 aromatic rings. The van der Waals surface area contributed by atoms with Crippen molar-refractivity contribution in [3.63, 3.8) is 0 Å². The van der Waals surface area contributed by atoms with Gasteiger partial charge in [-0.25, -0.2) is 4.79 Å². The minimum atomic E-state index is -1.28. The SMILES string of the molecule is CCCCCC(O)(CC=C[C@H]1CCC(=O)[C@@H]1CCCCCC(O)C(=O)O)C1CC1. The van der Waals surface area contributed by atoms with Gasteiger partial charge in [-0.05, 0) is 56.8 Å². The number of allylic oxidation sites excluding steroid dienone is 1. The van der Waals surface area contributed by atoms with E-state index in [1.54, 1.807) is 0 Å². The van der Waals surface area contributed by atoms with Gasteiger partial charge in [0.1, 0.15) is 5.78 Å². The summed E-state index contributed by atoms with van der Waals surface area (Å²) in [4.78, 5) is 22.9. The maximum atomic E-state index is 12.3. The number of carbonyl (C=O) groups is 2. The number of aliphatic hydroxyl groups is 2. The minimum Gasteiger partial charge on any atom is -0.479 e. The van der Waals surface area contributed by atoms with Gasteiger partial charge in [-0.3, -0.25) is 4.79 Å². The van der Waals surface area contributed by atoms with E-state index < -0.39 is 17.7 Å². The Balaban J connectivity index is 1.76. The Morgan fingerprint density at radius 2 is 1.93 bits per heavy atom. The zero-order valence-corrected chi connectivity index (χ0v) is 18.0. The fourth-order valence-electron chi connectivity index (χ4n) is 4.76. The quantitative estimate of drug-likeness (QED) is 0.271. The molecule has 2 fully saturated rings.